The van der Waals surface area contributed by atoms with E-state index in [0.717, 1.165) is 31.2 Å². The minimum absolute atomic E-state index is 0.115. The molecule has 2 atom stereocenters. The van der Waals surface area contributed by atoms with Crippen molar-refractivity contribution in [2.75, 3.05) is 26.1 Å². The van der Waals surface area contributed by atoms with Crippen LogP contribution in [0.5, 0.6) is 0 Å². The molecule has 0 radical (unpaired) electrons. The Bertz CT molecular complexity index is 788. The van der Waals surface area contributed by atoms with Gasteiger partial charge in [-0.15, -0.1) is 0 Å². The zero-order chi connectivity index (χ0) is 24.4. The Morgan fingerprint density at radius 1 is 1.09 bits per heavy atom. The normalized spacial score (nSPS) is 16.8. The van der Waals surface area contributed by atoms with E-state index in [-0.39, 0.29) is 11.8 Å². The summed E-state index contributed by atoms with van der Waals surface area (Å²) in [5, 5.41) is 5.75. The lowest BCUT2D eigenvalue weighted by atomic mass is 9.81. The molecule has 1 aromatic carbocycles. The van der Waals surface area contributed by atoms with Crippen molar-refractivity contribution in [1.82, 2.24) is 5.32 Å². The quantitative estimate of drug-likeness (QED) is 0.412. The average molecular weight is 462 g/mol. The van der Waals surface area contributed by atoms with Crippen molar-refractivity contribution < 1.29 is 23.9 Å². The highest BCUT2D eigenvalue weighted by Gasteiger charge is 2.42. The van der Waals surface area contributed by atoms with Gasteiger partial charge >= 0.3 is 5.97 Å². The van der Waals surface area contributed by atoms with Crippen LogP contribution in [0.15, 0.2) is 24.3 Å². The van der Waals surface area contributed by atoms with E-state index in [1.807, 2.05) is 26.0 Å². The molecule has 0 aromatic heterocycles. The van der Waals surface area contributed by atoms with Crippen molar-refractivity contribution in [3.05, 3.63) is 29.8 Å². The number of ether oxygens (including phenoxy) is 2. The van der Waals surface area contributed by atoms with Gasteiger partial charge in [0.2, 0.25) is 11.8 Å². The predicted molar refractivity (Wildman–Crippen MR) is 128 cm³/mol. The zero-order valence-electron chi connectivity index (χ0n) is 20.3. The monoisotopic (exact) mass is 461 g/mol. The van der Waals surface area contributed by atoms with Crippen molar-refractivity contribution >= 4 is 23.5 Å². The second-order valence-corrected chi connectivity index (χ2v) is 9.41. The summed E-state index contributed by atoms with van der Waals surface area (Å²) >= 11 is 0. The number of nitrogens with one attached hydrogen (secondary N) is 2. The Kier molecular flexibility index (Phi) is 10.3. The van der Waals surface area contributed by atoms with E-state index in [2.05, 4.69) is 10.6 Å². The van der Waals surface area contributed by atoms with Crippen LogP contribution in [-0.4, -0.2) is 50.7 Å². The van der Waals surface area contributed by atoms with Gasteiger partial charge in [-0.2, -0.15) is 0 Å². The molecule has 0 heterocycles. The maximum atomic E-state index is 13.2. The zero-order valence-corrected chi connectivity index (χ0v) is 20.3. The maximum absolute atomic E-state index is 13.2. The third kappa shape index (κ3) is 7.82. The molecular formula is C25H39N3O5. The van der Waals surface area contributed by atoms with Gasteiger partial charge < -0.3 is 25.8 Å². The largest absolute Gasteiger partial charge is 0.467 e. The van der Waals surface area contributed by atoms with E-state index in [0.29, 0.717) is 37.5 Å². The van der Waals surface area contributed by atoms with Crippen LogP contribution in [0, 0.1) is 11.3 Å². The van der Waals surface area contributed by atoms with Crippen molar-refractivity contribution in [2.24, 2.45) is 17.1 Å². The summed E-state index contributed by atoms with van der Waals surface area (Å²) in [5.41, 5.74) is 6.91. The smallest absolute Gasteiger partial charge is 0.328 e. The van der Waals surface area contributed by atoms with Crippen LogP contribution >= 0.6 is 0 Å². The van der Waals surface area contributed by atoms with Crippen LogP contribution in [-0.2, 0) is 30.3 Å². The first-order chi connectivity index (χ1) is 15.7. The van der Waals surface area contributed by atoms with E-state index in [1.54, 1.807) is 19.2 Å². The van der Waals surface area contributed by atoms with Gasteiger partial charge in [0, 0.05) is 25.8 Å². The summed E-state index contributed by atoms with van der Waals surface area (Å²) in [4.78, 5) is 37.8. The third-order valence-electron chi connectivity index (χ3n) is 6.34. The molecule has 1 aliphatic carbocycles. The van der Waals surface area contributed by atoms with Crippen LogP contribution < -0.4 is 16.4 Å². The van der Waals surface area contributed by atoms with Crippen molar-refractivity contribution in [2.45, 2.75) is 70.9 Å². The Morgan fingerprint density at radius 2 is 1.73 bits per heavy atom. The number of esters is 1. The van der Waals surface area contributed by atoms with Crippen LogP contribution in [0.4, 0.5) is 5.69 Å². The minimum atomic E-state index is -0.789. The van der Waals surface area contributed by atoms with Gasteiger partial charge in [-0.3, -0.25) is 9.59 Å². The molecule has 8 heteroatoms. The van der Waals surface area contributed by atoms with Gasteiger partial charge in [0.15, 0.2) is 0 Å². The first-order valence-electron chi connectivity index (χ1n) is 11.7. The second-order valence-electron chi connectivity index (χ2n) is 9.41. The first kappa shape index (κ1) is 26.8. The molecule has 1 aromatic rings. The van der Waals surface area contributed by atoms with E-state index in [9.17, 15) is 14.4 Å². The Balaban J connectivity index is 2.04. The van der Waals surface area contributed by atoms with Gasteiger partial charge in [0.25, 0.3) is 0 Å². The molecular weight excluding hydrogens is 422 g/mol. The Morgan fingerprint density at radius 3 is 2.27 bits per heavy atom. The van der Waals surface area contributed by atoms with Crippen LogP contribution in [0.25, 0.3) is 0 Å². The number of carbonyl (C=O) groups is 3. The van der Waals surface area contributed by atoms with Crippen molar-refractivity contribution in [1.29, 1.82) is 0 Å². The van der Waals surface area contributed by atoms with Gasteiger partial charge in [-0.1, -0.05) is 38.8 Å². The molecule has 33 heavy (non-hydrogen) atoms. The summed E-state index contributed by atoms with van der Waals surface area (Å²) in [5.74, 6) is -0.499. The molecule has 184 valence electrons. The summed E-state index contributed by atoms with van der Waals surface area (Å²) in [6.45, 7) is 4.54. The molecule has 0 spiro atoms. The van der Waals surface area contributed by atoms with Gasteiger partial charge in [-0.05, 0) is 49.3 Å². The fraction of sp³-hybridized carbons (Fsp3) is 0.640. The fourth-order valence-corrected chi connectivity index (χ4v) is 4.40. The topological polar surface area (TPSA) is 120 Å². The van der Waals surface area contributed by atoms with Gasteiger partial charge in [-0.25, -0.2) is 4.79 Å². The second kappa shape index (κ2) is 12.7. The van der Waals surface area contributed by atoms with Crippen LogP contribution in [0.3, 0.4) is 0 Å². The number of nitrogens with two attached hydrogens (primary N) is 1. The van der Waals surface area contributed by atoms with Crippen molar-refractivity contribution in [3.8, 4) is 0 Å². The number of hydrogen-bond acceptors (Lipinski definition) is 6. The molecule has 0 bridgehead atoms. The molecule has 1 saturated carbocycles. The van der Waals surface area contributed by atoms with Gasteiger partial charge in [0.1, 0.15) is 6.04 Å². The SMILES string of the molecule is COCCC1(C(=O)N[C@@H](Cc2ccc(NC(=O)C(N)CC(C)C)cc2)C(=O)OC)CCCC1. The highest BCUT2D eigenvalue weighted by molar-refractivity contribution is 5.94. The van der Waals surface area contributed by atoms with Crippen LogP contribution in [0.2, 0.25) is 0 Å². The minimum Gasteiger partial charge on any atom is -0.467 e. The van der Waals surface area contributed by atoms with E-state index in [4.69, 9.17) is 15.2 Å². The highest BCUT2D eigenvalue weighted by atomic mass is 16.5. The number of amides is 2. The highest BCUT2D eigenvalue weighted by Crippen LogP contribution is 2.41. The molecule has 8 nitrogen and oxygen atoms in total. The number of anilines is 1. The van der Waals surface area contributed by atoms with E-state index < -0.39 is 23.5 Å². The Labute approximate surface area is 197 Å². The number of carbonyl (C=O) groups excluding carboxylic acids is 3. The standard InChI is InChI=1S/C25H39N3O5/c1-17(2)15-20(26)22(29)27-19-9-7-18(8-10-19)16-21(23(30)33-4)28-24(31)25(13-14-32-3)11-5-6-12-25/h7-10,17,20-21H,5-6,11-16,26H2,1-4H3,(H,27,29)(H,28,31)/t20?,21-/m0/s1. The van der Waals surface area contributed by atoms with E-state index >= 15 is 0 Å². The molecule has 1 aliphatic rings. The predicted octanol–water partition coefficient (Wildman–Crippen LogP) is 2.80. The summed E-state index contributed by atoms with van der Waals surface area (Å²) in [7, 11) is 2.94. The molecule has 0 aliphatic heterocycles. The lowest BCUT2D eigenvalue weighted by molar-refractivity contribution is -0.146. The number of rotatable bonds is 12. The summed E-state index contributed by atoms with van der Waals surface area (Å²) < 4.78 is 10.2. The first-order valence-corrected chi connectivity index (χ1v) is 11.7. The van der Waals surface area contributed by atoms with Crippen LogP contribution in [0.1, 0.15) is 57.9 Å². The lowest BCUT2D eigenvalue weighted by Crippen LogP contribution is -2.49. The summed E-state index contributed by atoms with van der Waals surface area (Å²) in [6.07, 6.45) is 5.11. The molecule has 1 unspecified atom stereocenters. The molecule has 2 amide bonds. The fourth-order valence-electron chi connectivity index (χ4n) is 4.40. The number of methoxy groups -OCH3 is 2. The Hall–Kier alpha value is -2.45. The lowest BCUT2D eigenvalue weighted by Gasteiger charge is -2.29. The third-order valence-corrected chi connectivity index (χ3v) is 6.34. The van der Waals surface area contributed by atoms with Crippen molar-refractivity contribution in [3.63, 3.8) is 0 Å². The summed E-state index contributed by atoms with van der Waals surface area (Å²) in [6, 6.07) is 5.82. The number of benzene rings is 1. The molecule has 1 fully saturated rings. The average Bonchev–Trinajstić information content (AvgIpc) is 3.27. The molecule has 2 rings (SSSR count). The maximum Gasteiger partial charge on any atom is 0.328 e. The number of hydrogen-bond donors (Lipinski definition) is 3. The molecule has 4 N–H and O–H groups in total. The molecule has 0 saturated heterocycles. The van der Waals surface area contributed by atoms with E-state index in [1.165, 1.54) is 7.11 Å². The van der Waals surface area contributed by atoms with Gasteiger partial charge in [0.05, 0.1) is 18.6 Å².